The van der Waals surface area contributed by atoms with E-state index in [1.54, 1.807) is 6.08 Å². The van der Waals surface area contributed by atoms with Gasteiger partial charge in [0.15, 0.2) is 0 Å². The molecule has 3 N–H and O–H groups in total. The second-order valence-corrected chi connectivity index (χ2v) is 27.4. The minimum absolute atomic E-state index is 0.0219. The number of hydrogen-bond acceptors (Lipinski definition) is 5. The minimum atomic E-state index is -0.844. The van der Waals surface area contributed by atoms with Crippen LogP contribution in [0.15, 0.2) is 12.2 Å². The molecule has 2 unspecified atom stereocenters. The molecule has 0 spiro atoms. The Bertz CT molecular complexity index is 1290. The fraction of sp³-hybridized carbons (Fsp3) is 0.949. The third-order valence-corrected chi connectivity index (χ3v) is 18.8. The van der Waals surface area contributed by atoms with Crippen LogP contribution in [0.1, 0.15) is 457 Å². The zero-order valence-corrected chi connectivity index (χ0v) is 58.1. The van der Waals surface area contributed by atoms with Gasteiger partial charge >= 0.3 is 5.97 Å². The van der Waals surface area contributed by atoms with Crippen LogP contribution in [0.4, 0.5) is 0 Å². The highest BCUT2D eigenvalue weighted by Gasteiger charge is 2.18. The van der Waals surface area contributed by atoms with E-state index in [2.05, 4.69) is 19.2 Å². The van der Waals surface area contributed by atoms with E-state index in [0.29, 0.717) is 19.4 Å². The van der Waals surface area contributed by atoms with E-state index in [4.69, 9.17) is 4.74 Å². The maximum absolute atomic E-state index is 12.6. The summed E-state index contributed by atoms with van der Waals surface area (Å²) in [6, 6.07) is -0.628. The number of carbonyl (C=O) groups is 2. The van der Waals surface area contributed by atoms with Crippen molar-refractivity contribution >= 4 is 11.9 Å². The highest BCUT2D eigenvalue weighted by molar-refractivity contribution is 5.76. The summed E-state index contributed by atoms with van der Waals surface area (Å²) in [5, 5.41) is 23.3. The summed E-state index contributed by atoms with van der Waals surface area (Å²) < 4.78 is 5.52. The smallest absolute Gasteiger partial charge is 0.305 e. The van der Waals surface area contributed by atoms with Gasteiger partial charge in [-0.15, -0.1) is 0 Å². The van der Waals surface area contributed by atoms with Crippen LogP contribution in [0.3, 0.4) is 0 Å². The van der Waals surface area contributed by atoms with Gasteiger partial charge < -0.3 is 20.3 Å². The van der Waals surface area contributed by atoms with Gasteiger partial charge in [0.25, 0.3) is 0 Å². The molecule has 0 aromatic heterocycles. The topological polar surface area (TPSA) is 95.9 Å². The molecule has 0 heterocycles. The lowest BCUT2D eigenvalue weighted by Gasteiger charge is -2.20. The number of esters is 1. The minimum Gasteiger partial charge on any atom is -0.466 e. The molecule has 0 aromatic rings. The lowest BCUT2D eigenvalue weighted by Crippen LogP contribution is -2.45. The molecule has 2 atom stereocenters. The summed E-state index contributed by atoms with van der Waals surface area (Å²) in [5.41, 5.74) is 0. The lowest BCUT2D eigenvalue weighted by atomic mass is 10.0. The first-order valence-corrected chi connectivity index (χ1v) is 39.5. The predicted octanol–water partition coefficient (Wildman–Crippen LogP) is 25.9. The summed E-state index contributed by atoms with van der Waals surface area (Å²) >= 11 is 0. The molecule has 0 aliphatic rings. The Kier molecular flexibility index (Phi) is 73.8. The summed E-state index contributed by atoms with van der Waals surface area (Å²) in [6.45, 7) is 4.97. The number of ether oxygens (including phenoxy) is 1. The standard InChI is InChI=1S/C79H155NO5/c1-3-5-7-9-11-13-15-17-19-21-23-24-25-27-30-33-36-39-43-47-51-55-59-63-67-71-77(82)76(75-81)80-78(83)72-68-64-60-56-52-48-44-40-37-34-31-28-26-29-32-35-38-42-46-50-54-58-62-66-70-74-85-79(84)73-69-65-61-57-53-49-45-41-22-20-18-16-14-12-10-8-6-4-2/h67,71,76-77,81-82H,3-66,68-70,72-75H2,1-2H3,(H,80,83)/b71-67+. The second-order valence-electron chi connectivity index (χ2n) is 27.4. The molecule has 0 aliphatic carbocycles. The average Bonchev–Trinajstić information content (AvgIpc) is 3.51. The SMILES string of the molecule is CCCCCCCCCCCCCCCCCCCCCCCCC/C=C/C(O)C(CO)NC(=O)CCCCCCCCCCCCCCCCCCCCCCCCCCCOC(=O)CCCCCCCCCCCCCCCCCCCC. The van der Waals surface area contributed by atoms with Crippen molar-refractivity contribution < 1.29 is 24.5 Å². The fourth-order valence-electron chi connectivity index (χ4n) is 12.8. The number of aliphatic hydroxyl groups is 2. The number of unbranched alkanes of at least 4 members (excludes halogenated alkanes) is 64. The third kappa shape index (κ3) is 71.6. The number of allylic oxidation sites excluding steroid dienone is 1. The second kappa shape index (κ2) is 75.1. The van der Waals surface area contributed by atoms with Gasteiger partial charge in [-0.2, -0.15) is 0 Å². The van der Waals surface area contributed by atoms with Crippen molar-refractivity contribution in [2.24, 2.45) is 0 Å². The van der Waals surface area contributed by atoms with Gasteiger partial charge in [-0.1, -0.05) is 424 Å². The van der Waals surface area contributed by atoms with E-state index >= 15 is 0 Å². The maximum atomic E-state index is 12.6. The zero-order chi connectivity index (χ0) is 61.3. The van der Waals surface area contributed by atoms with Crippen molar-refractivity contribution in [1.82, 2.24) is 5.32 Å². The normalized spacial score (nSPS) is 12.5. The number of nitrogens with one attached hydrogen (secondary N) is 1. The molecule has 0 fully saturated rings. The molecule has 0 radical (unpaired) electrons. The van der Waals surface area contributed by atoms with Gasteiger partial charge in [-0.25, -0.2) is 0 Å². The molecule has 0 aromatic carbocycles. The van der Waals surface area contributed by atoms with Crippen LogP contribution in [-0.4, -0.2) is 47.4 Å². The molecule has 6 nitrogen and oxygen atoms in total. The number of amides is 1. The molecule has 0 bridgehead atoms. The van der Waals surface area contributed by atoms with E-state index in [0.717, 1.165) is 38.5 Å². The zero-order valence-electron chi connectivity index (χ0n) is 58.1. The molecular weight excluding hydrogens is 1040 g/mol. The van der Waals surface area contributed by atoms with Crippen LogP contribution in [-0.2, 0) is 14.3 Å². The Morgan fingerprint density at radius 1 is 0.318 bits per heavy atom. The average molecular weight is 1200 g/mol. The molecule has 0 aliphatic heterocycles. The van der Waals surface area contributed by atoms with Crippen molar-refractivity contribution in [3.8, 4) is 0 Å². The summed E-state index contributed by atoms with van der Waals surface area (Å²) in [4.78, 5) is 24.7. The Morgan fingerprint density at radius 2 is 0.541 bits per heavy atom. The van der Waals surface area contributed by atoms with Gasteiger partial charge in [-0.05, 0) is 32.1 Å². The number of aliphatic hydroxyl groups excluding tert-OH is 2. The van der Waals surface area contributed by atoms with Crippen LogP contribution in [0.25, 0.3) is 0 Å². The van der Waals surface area contributed by atoms with E-state index in [1.165, 1.54) is 392 Å². The Morgan fingerprint density at radius 3 is 0.800 bits per heavy atom. The fourth-order valence-corrected chi connectivity index (χ4v) is 12.8. The molecule has 0 rings (SSSR count). The molecule has 85 heavy (non-hydrogen) atoms. The first kappa shape index (κ1) is 83.6. The van der Waals surface area contributed by atoms with E-state index < -0.39 is 12.1 Å². The van der Waals surface area contributed by atoms with Crippen molar-refractivity contribution in [2.75, 3.05) is 13.2 Å². The quantitative estimate of drug-likeness (QED) is 0.0320. The molecule has 506 valence electrons. The lowest BCUT2D eigenvalue weighted by molar-refractivity contribution is -0.143. The monoisotopic (exact) mass is 1200 g/mol. The van der Waals surface area contributed by atoms with Crippen LogP contribution in [0, 0.1) is 0 Å². The molecular formula is C79H155NO5. The summed E-state index contributed by atoms with van der Waals surface area (Å²) in [7, 11) is 0. The van der Waals surface area contributed by atoms with Gasteiger partial charge in [0.1, 0.15) is 0 Å². The maximum Gasteiger partial charge on any atom is 0.305 e. The highest BCUT2D eigenvalue weighted by atomic mass is 16.5. The highest BCUT2D eigenvalue weighted by Crippen LogP contribution is 2.20. The van der Waals surface area contributed by atoms with Gasteiger partial charge in [-0.3, -0.25) is 9.59 Å². The molecule has 1 amide bonds. The van der Waals surface area contributed by atoms with Gasteiger partial charge in [0, 0.05) is 12.8 Å². The van der Waals surface area contributed by atoms with Crippen LogP contribution in [0.2, 0.25) is 0 Å². The Labute approximate surface area is 533 Å². The number of hydrogen-bond donors (Lipinski definition) is 3. The number of carbonyl (C=O) groups excluding carboxylic acids is 2. The van der Waals surface area contributed by atoms with Gasteiger partial charge in [0.05, 0.1) is 25.4 Å². The molecule has 0 saturated heterocycles. The van der Waals surface area contributed by atoms with E-state index in [1.807, 2.05) is 6.08 Å². The number of rotatable bonds is 75. The van der Waals surface area contributed by atoms with Crippen molar-refractivity contribution in [3.05, 3.63) is 12.2 Å². The first-order valence-electron chi connectivity index (χ1n) is 39.5. The molecule has 6 heteroatoms. The summed E-state index contributed by atoms with van der Waals surface area (Å²) in [5.74, 6) is -0.0384. The predicted molar refractivity (Wildman–Crippen MR) is 375 cm³/mol. The van der Waals surface area contributed by atoms with E-state index in [-0.39, 0.29) is 18.5 Å². The molecule has 0 saturated carbocycles. The largest absolute Gasteiger partial charge is 0.466 e. The van der Waals surface area contributed by atoms with Gasteiger partial charge in [0.2, 0.25) is 5.91 Å². The van der Waals surface area contributed by atoms with Crippen molar-refractivity contribution in [2.45, 2.75) is 469 Å². The Hall–Kier alpha value is -1.40. The first-order chi connectivity index (χ1) is 42.0. The van der Waals surface area contributed by atoms with E-state index in [9.17, 15) is 19.8 Å². The third-order valence-electron chi connectivity index (χ3n) is 18.8. The van der Waals surface area contributed by atoms with Crippen LogP contribution in [0.5, 0.6) is 0 Å². The summed E-state index contributed by atoms with van der Waals surface area (Å²) in [6.07, 6.45) is 94.7. The Balaban J connectivity index is 3.37. The van der Waals surface area contributed by atoms with Crippen LogP contribution >= 0.6 is 0 Å². The van der Waals surface area contributed by atoms with Crippen molar-refractivity contribution in [3.63, 3.8) is 0 Å². The van der Waals surface area contributed by atoms with Crippen LogP contribution < -0.4 is 5.32 Å². The van der Waals surface area contributed by atoms with Crippen molar-refractivity contribution in [1.29, 1.82) is 0 Å².